The van der Waals surface area contributed by atoms with Crippen LogP contribution in [0.4, 0.5) is 0 Å². The van der Waals surface area contributed by atoms with Gasteiger partial charge in [-0.15, -0.1) is 0 Å². The normalized spacial score (nSPS) is 10.9. The summed E-state index contributed by atoms with van der Waals surface area (Å²) in [5, 5.41) is 0. The Morgan fingerprint density at radius 2 is 1.47 bits per heavy atom. The second-order valence-corrected chi connectivity index (χ2v) is 8.55. The van der Waals surface area contributed by atoms with E-state index < -0.39 is 14.5 Å². The van der Waals surface area contributed by atoms with E-state index in [1.165, 1.54) is 0 Å². The highest BCUT2D eigenvalue weighted by Crippen LogP contribution is 2.24. The Morgan fingerprint density at radius 3 is 1.87 bits per heavy atom. The lowest BCUT2D eigenvalue weighted by Crippen LogP contribution is -2.28. The summed E-state index contributed by atoms with van der Waals surface area (Å²) >= 11 is -1.14. The molecule has 0 amide bonds. The third kappa shape index (κ3) is 3.89. The van der Waals surface area contributed by atoms with E-state index in [2.05, 4.69) is 34.6 Å². The molecule has 15 heavy (non-hydrogen) atoms. The molecule has 1 radical (unpaired) electrons. The minimum absolute atomic E-state index is 0.671. The van der Waals surface area contributed by atoms with Gasteiger partial charge in [0.15, 0.2) is 0 Å². The Bertz CT molecular complexity index is 282. The third-order valence-electron chi connectivity index (χ3n) is 2.51. The van der Waals surface area contributed by atoms with Crippen molar-refractivity contribution in [2.45, 2.75) is 37.3 Å². The van der Waals surface area contributed by atoms with Crippen LogP contribution in [-0.4, -0.2) is 14.5 Å². The molecule has 0 atom stereocenters. The lowest BCUT2D eigenvalue weighted by molar-refractivity contribution is 0.536. The van der Waals surface area contributed by atoms with Crippen molar-refractivity contribution in [1.82, 2.24) is 0 Å². The van der Waals surface area contributed by atoms with Gasteiger partial charge < -0.3 is 3.79 Å². The molecule has 0 aliphatic rings. The van der Waals surface area contributed by atoms with Gasteiger partial charge in [-0.2, -0.15) is 0 Å². The van der Waals surface area contributed by atoms with Gasteiger partial charge in [0.25, 0.3) is 0 Å². The summed E-state index contributed by atoms with van der Waals surface area (Å²) in [6, 6.07) is 8.04. The largest absolute Gasteiger partial charge is 0.642 e. The molecule has 1 aromatic carbocycles. The van der Waals surface area contributed by atoms with Gasteiger partial charge in [0.1, 0.15) is 0 Å². The average Bonchev–Trinajstić information content (AvgIpc) is 2.15. The minimum atomic E-state index is -1.14. The molecule has 1 rings (SSSR count). The zero-order chi connectivity index (χ0) is 11.4. The van der Waals surface area contributed by atoms with Crippen LogP contribution >= 0.6 is 0 Å². The monoisotopic (exact) mass is 219 g/mol. The summed E-state index contributed by atoms with van der Waals surface area (Å²) < 4.78 is 7.44. The Kier molecular flexibility index (Phi) is 4.70. The molecule has 0 aromatic heterocycles. The molecule has 81 valence electrons. The summed E-state index contributed by atoms with van der Waals surface area (Å²) in [5.74, 6) is 1.00. The zero-order valence-electron chi connectivity index (χ0n) is 10.2. The number of benzene rings is 1. The lowest BCUT2D eigenvalue weighted by atomic mass is 10.2. The van der Waals surface area contributed by atoms with E-state index in [0.717, 1.165) is 11.3 Å². The summed E-state index contributed by atoms with van der Waals surface area (Å²) in [5.41, 5.74) is 1.04. The first kappa shape index (κ1) is 12.6. The second kappa shape index (κ2) is 5.59. The van der Waals surface area contributed by atoms with Crippen LogP contribution in [0.1, 0.15) is 33.3 Å². The van der Waals surface area contributed by atoms with Crippen LogP contribution in [0.25, 0.3) is 0 Å². The van der Waals surface area contributed by atoms with Gasteiger partial charge in [-0.1, -0.05) is 39.8 Å². The Balaban J connectivity index is 2.70. The molecule has 0 unspecified atom stereocenters. The first-order chi connectivity index (χ1) is 7.00. The van der Waals surface area contributed by atoms with Crippen molar-refractivity contribution in [3.05, 3.63) is 36.8 Å². The van der Waals surface area contributed by atoms with Crippen LogP contribution in [0.5, 0.6) is 5.75 Å². The highest BCUT2D eigenvalue weighted by Gasteiger charge is 2.31. The number of hydrogen-bond acceptors (Lipinski definition) is 1. The van der Waals surface area contributed by atoms with Crippen molar-refractivity contribution < 1.29 is 3.79 Å². The molecule has 0 aliphatic carbocycles. The van der Waals surface area contributed by atoms with Crippen LogP contribution in [0.3, 0.4) is 0 Å². The predicted octanol–water partition coefficient (Wildman–Crippen LogP) is 4.06. The maximum Gasteiger partial charge on any atom is 0.552 e. The van der Waals surface area contributed by atoms with E-state index in [-0.39, 0.29) is 0 Å². The van der Waals surface area contributed by atoms with Crippen LogP contribution < -0.4 is 3.79 Å². The molecule has 2 heteroatoms. The molecule has 0 fully saturated rings. The highest BCUT2D eigenvalue weighted by atomic mass is 27.2. The molecular weight excluding hydrogens is 199 g/mol. The Labute approximate surface area is 98.2 Å². The lowest BCUT2D eigenvalue weighted by Gasteiger charge is -2.20. The van der Waals surface area contributed by atoms with Gasteiger partial charge >= 0.3 is 14.5 Å². The van der Waals surface area contributed by atoms with Gasteiger partial charge in [0, 0.05) is 0 Å². The first-order valence-electron chi connectivity index (χ1n) is 5.59. The van der Waals surface area contributed by atoms with Crippen LogP contribution in [0.2, 0.25) is 9.56 Å². The SMILES string of the molecule is [CH2]c1ccc([O][Al]([CH](C)C)[CH](C)C)cc1. The maximum atomic E-state index is 6.10. The molecule has 0 spiro atoms. The molecule has 0 heterocycles. The molecule has 0 bridgehead atoms. The third-order valence-corrected chi connectivity index (χ3v) is 5.68. The zero-order valence-corrected chi connectivity index (χ0v) is 11.3. The molecule has 0 saturated heterocycles. The van der Waals surface area contributed by atoms with Crippen molar-refractivity contribution >= 4 is 14.5 Å². The van der Waals surface area contributed by atoms with Gasteiger partial charge in [0.2, 0.25) is 0 Å². The van der Waals surface area contributed by atoms with Crippen molar-refractivity contribution in [3.8, 4) is 5.75 Å². The molecule has 0 aliphatic heterocycles. The van der Waals surface area contributed by atoms with Crippen molar-refractivity contribution in [2.24, 2.45) is 0 Å². The van der Waals surface area contributed by atoms with Crippen molar-refractivity contribution in [2.75, 3.05) is 0 Å². The number of hydrogen-bond donors (Lipinski definition) is 0. The molecule has 1 nitrogen and oxygen atoms in total. The fourth-order valence-electron chi connectivity index (χ4n) is 1.77. The summed E-state index contributed by atoms with van der Waals surface area (Å²) in [6.45, 7) is 12.9. The standard InChI is InChI=1S/C7H7O.2C3H7.Al/c1-6-2-4-7(8)5-3-6;2*1-3-2;/h2-5,8H,1H2;2*3H,1-2H3;/q;;;+1/p-1. The fourth-order valence-corrected chi connectivity index (χ4v) is 4.32. The summed E-state index contributed by atoms with van der Waals surface area (Å²) in [7, 11) is 0. The number of rotatable bonds is 4. The van der Waals surface area contributed by atoms with Gasteiger partial charge in [0.05, 0.1) is 5.75 Å². The first-order valence-corrected chi connectivity index (χ1v) is 7.40. The molecular formula is C13H20AlO. The van der Waals surface area contributed by atoms with E-state index in [1.807, 2.05) is 24.3 Å². The van der Waals surface area contributed by atoms with E-state index in [4.69, 9.17) is 3.79 Å². The van der Waals surface area contributed by atoms with Crippen molar-refractivity contribution in [1.29, 1.82) is 0 Å². The summed E-state index contributed by atoms with van der Waals surface area (Å²) in [4.78, 5) is 0. The summed E-state index contributed by atoms with van der Waals surface area (Å²) in [6.07, 6.45) is 0. The molecule has 0 N–H and O–H groups in total. The predicted molar refractivity (Wildman–Crippen MR) is 67.5 cm³/mol. The van der Waals surface area contributed by atoms with Crippen molar-refractivity contribution in [3.63, 3.8) is 0 Å². The van der Waals surface area contributed by atoms with Crippen LogP contribution in [0.15, 0.2) is 24.3 Å². The van der Waals surface area contributed by atoms with Crippen LogP contribution in [-0.2, 0) is 0 Å². The average molecular weight is 219 g/mol. The topological polar surface area (TPSA) is 9.23 Å². The quantitative estimate of drug-likeness (QED) is 0.694. The maximum absolute atomic E-state index is 6.10. The Hall–Kier alpha value is -0.448. The highest BCUT2D eigenvalue weighted by molar-refractivity contribution is 6.55. The van der Waals surface area contributed by atoms with Gasteiger partial charge in [-0.3, -0.25) is 0 Å². The fraction of sp³-hybridized carbons (Fsp3) is 0.462. The van der Waals surface area contributed by atoms with E-state index in [0.29, 0.717) is 9.56 Å². The van der Waals surface area contributed by atoms with Gasteiger partial charge in [-0.25, -0.2) is 0 Å². The Morgan fingerprint density at radius 1 is 1.00 bits per heavy atom. The van der Waals surface area contributed by atoms with Gasteiger partial charge in [-0.05, 0) is 34.2 Å². The van der Waals surface area contributed by atoms with E-state index in [1.54, 1.807) is 0 Å². The second-order valence-electron chi connectivity index (χ2n) is 4.71. The van der Waals surface area contributed by atoms with E-state index in [9.17, 15) is 0 Å². The van der Waals surface area contributed by atoms with E-state index >= 15 is 0 Å². The minimum Gasteiger partial charge on any atom is -0.642 e. The molecule has 0 saturated carbocycles. The smallest absolute Gasteiger partial charge is 0.552 e. The van der Waals surface area contributed by atoms with Crippen LogP contribution in [0, 0.1) is 6.92 Å². The molecule has 1 aromatic rings.